The van der Waals surface area contributed by atoms with Crippen LogP contribution in [0.4, 0.5) is 0 Å². The molecule has 0 atom stereocenters. The van der Waals surface area contributed by atoms with Gasteiger partial charge in [0.15, 0.2) is 0 Å². The molecule has 1 aliphatic heterocycles. The van der Waals surface area contributed by atoms with Gasteiger partial charge in [0.1, 0.15) is 13.3 Å². The van der Waals surface area contributed by atoms with Crippen LogP contribution in [0, 0.1) is 0 Å². The van der Waals surface area contributed by atoms with Crippen molar-refractivity contribution in [2.45, 2.75) is 0 Å². The summed E-state index contributed by atoms with van der Waals surface area (Å²) in [5.74, 6) is 0.214. The molecule has 1 aliphatic rings. The first-order chi connectivity index (χ1) is 7.27. The Hall–Kier alpha value is -1.82. The van der Waals surface area contributed by atoms with Crippen molar-refractivity contribution in [2.75, 3.05) is 19.9 Å². The Balaban J connectivity index is 2.47. The van der Waals surface area contributed by atoms with Crippen molar-refractivity contribution in [1.82, 2.24) is 5.06 Å². The zero-order valence-corrected chi connectivity index (χ0v) is 8.43. The van der Waals surface area contributed by atoms with E-state index in [1.807, 2.05) is 0 Å². The molecule has 15 heavy (non-hydrogen) atoms. The van der Waals surface area contributed by atoms with Crippen molar-refractivity contribution in [1.29, 1.82) is 0 Å². The van der Waals surface area contributed by atoms with E-state index in [1.54, 1.807) is 12.2 Å². The van der Waals surface area contributed by atoms with E-state index in [-0.39, 0.29) is 18.6 Å². The maximum Gasteiger partial charge on any atom is 0.317 e. The summed E-state index contributed by atoms with van der Waals surface area (Å²) in [7, 11) is 0. The number of hydrogen-bond acceptors (Lipinski definition) is 6. The van der Waals surface area contributed by atoms with Gasteiger partial charge < -0.3 is 10.5 Å². The maximum atomic E-state index is 5.61. The number of nitrogens with two attached hydrogens (primary N) is 1. The standard InChI is InChI=1S/C9H14N4O2/c1-3-5-14-9-11-7-13(8(10)12-9)15-6-4-2/h3-4H,1-2,5-7H2,(H2,10,11,12). The number of rotatable bonds is 5. The van der Waals surface area contributed by atoms with Gasteiger partial charge in [-0.2, -0.15) is 10.1 Å². The van der Waals surface area contributed by atoms with Crippen LogP contribution in [0.3, 0.4) is 0 Å². The number of hydroxylamine groups is 2. The summed E-state index contributed by atoms with van der Waals surface area (Å²) < 4.78 is 5.12. The third-order valence-electron chi connectivity index (χ3n) is 1.48. The van der Waals surface area contributed by atoms with Crippen LogP contribution in [0.15, 0.2) is 35.3 Å². The summed E-state index contributed by atoms with van der Waals surface area (Å²) in [4.78, 5) is 13.1. The zero-order chi connectivity index (χ0) is 11.1. The van der Waals surface area contributed by atoms with Gasteiger partial charge in [0.2, 0.25) is 5.96 Å². The van der Waals surface area contributed by atoms with Crippen LogP contribution in [-0.4, -0.2) is 36.9 Å². The molecule has 0 aromatic carbocycles. The van der Waals surface area contributed by atoms with Crippen molar-refractivity contribution in [3.8, 4) is 0 Å². The molecule has 0 unspecified atom stereocenters. The molecule has 0 aromatic rings. The van der Waals surface area contributed by atoms with E-state index in [1.165, 1.54) is 5.06 Å². The summed E-state index contributed by atoms with van der Waals surface area (Å²) >= 11 is 0. The Bertz CT molecular complexity index is 298. The maximum absolute atomic E-state index is 5.61. The summed E-state index contributed by atoms with van der Waals surface area (Å²) in [6.07, 6.45) is 3.22. The molecule has 2 N–H and O–H groups in total. The Morgan fingerprint density at radius 1 is 1.40 bits per heavy atom. The fourth-order valence-electron chi connectivity index (χ4n) is 0.847. The highest BCUT2D eigenvalue weighted by atomic mass is 16.7. The molecule has 1 rings (SSSR count). The van der Waals surface area contributed by atoms with Crippen molar-refractivity contribution in [3.63, 3.8) is 0 Å². The van der Waals surface area contributed by atoms with E-state index in [9.17, 15) is 0 Å². The van der Waals surface area contributed by atoms with Crippen LogP contribution in [0.2, 0.25) is 0 Å². The van der Waals surface area contributed by atoms with Gasteiger partial charge in [0.25, 0.3) is 0 Å². The quantitative estimate of drug-likeness (QED) is 0.660. The van der Waals surface area contributed by atoms with Gasteiger partial charge in [-0.1, -0.05) is 18.7 Å². The van der Waals surface area contributed by atoms with Crippen molar-refractivity contribution in [3.05, 3.63) is 25.3 Å². The first kappa shape index (κ1) is 11.3. The number of ether oxygens (including phenoxy) is 1. The molecule has 0 saturated heterocycles. The molecule has 0 fully saturated rings. The minimum Gasteiger partial charge on any atom is -0.459 e. The molecule has 1 heterocycles. The van der Waals surface area contributed by atoms with Crippen LogP contribution < -0.4 is 5.73 Å². The summed E-state index contributed by atoms with van der Waals surface area (Å²) in [5, 5.41) is 1.36. The Labute approximate surface area is 88.3 Å². The summed E-state index contributed by atoms with van der Waals surface area (Å²) in [5.41, 5.74) is 5.61. The van der Waals surface area contributed by atoms with Crippen LogP contribution in [0.5, 0.6) is 0 Å². The van der Waals surface area contributed by atoms with Gasteiger partial charge in [-0.15, -0.1) is 6.58 Å². The average Bonchev–Trinajstić information content (AvgIpc) is 2.25. The smallest absolute Gasteiger partial charge is 0.317 e. The van der Waals surface area contributed by atoms with Crippen LogP contribution in [-0.2, 0) is 9.57 Å². The van der Waals surface area contributed by atoms with E-state index in [0.717, 1.165) is 0 Å². The van der Waals surface area contributed by atoms with Gasteiger partial charge in [-0.3, -0.25) is 4.84 Å². The molecular weight excluding hydrogens is 196 g/mol. The molecule has 0 aliphatic carbocycles. The van der Waals surface area contributed by atoms with Crippen molar-refractivity contribution in [2.24, 2.45) is 15.7 Å². The second-order valence-electron chi connectivity index (χ2n) is 2.61. The molecule has 6 heteroatoms. The normalized spacial score (nSPS) is 15.3. The second-order valence-corrected chi connectivity index (χ2v) is 2.61. The third kappa shape index (κ3) is 3.43. The average molecular weight is 210 g/mol. The highest BCUT2D eigenvalue weighted by Gasteiger charge is 2.14. The fraction of sp³-hybridized carbons (Fsp3) is 0.333. The molecule has 0 bridgehead atoms. The summed E-state index contributed by atoms with van der Waals surface area (Å²) in [6, 6.07) is 0.242. The van der Waals surface area contributed by atoms with E-state index >= 15 is 0 Å². The molecule has 0 amide bonds. The van der Waals surface area contributed by atoms with E-state index in [0.29, 0.717) is 13.2 Å². The van der Waals surface area contributed by atoms with E-state index in [4.69, 9.17) is 15.3 Å². The SMILES string of the molecule is C=CCOC1=NCN(OCC=C)C(N)=N1. The predicted octanol–water partition coefficient (Wildman–Crippen LogP) is 0.250. The predicted molar refractivity (Wildman–Crippen MR) is 58.1 cm³/mol. The zero-order valence-electron chi connectivity index (χ0n) is 8.43. The monoisotopic (exact) mass is 210 g/mol. The second kappa shape index (κ2) is 5.82. The molecule has 82 valence electrons. The first-order valence-corrected chi connectivity index (χ1v) is 4.41. The number of guanidine groups is 1. The molecule has 0 radical (unpaired) electrons. The molecular formula is C9H14N4O2. The lowest BCUT2D eigenvalue weighted by atomic mass is 10.7. The lowest BCUT2D eigenvalue weighted by molar-refractivity contribution is -0.0860. The van der Waals surface area contributed by atoms with E-state index in [2.05, 4.69) is 23.1 Å². The highest BCUT2D eigenvalue weighted by molar-refractivity contribution is 5.92. The fourth-order valence-corrected chi connectivity index (χ4v) is 0.847. The molecule has 0 saturated carbocycles. The Morgan fingerprint density at radius 3 is 2.73 bits per heavy atom. The Morgan fingerprint density at radius 2 is 2.13 bits per heavy atom. The Kier molecular flexibility index (Phi) is 4.36. The summed E-state index contributed by atoms with van der Waals surface area (Å²) in [6.45, 7) is 8.00. The third-order valence-corrected chi connectivity index (χ3v) is 1.48. The van der Waals surface area contributed by atoms with Gasteiger partial charge in [-0.05, 0) is 0 Å². The lowest BCUT2D eigenvalue weighted by Gasteiger charge is -2.22. The highest BCUT2D eigenvalue weighted by Crippen LogP contribution is 2.00. The van der Waals surface area contributed by atoms with Crippen LogP contribution >= 0.6 is 0 Å². The van der Waals surface area contributed by atoms with Crippen molar-refractivity contribution < 1.29 is 9.57 Å². The number of amidine groups is 1. The minimum absolute atomic E-state index is 0.214. The number of aliphatic imine (C=N–C) groups is 2. The van der Waals surface area contributed by atoms with Crippen LogP contribution in [0.1, 0.15) is 0 Å². The molecule has 0 aromatic heterocycles. The number of nitrogens with zero attached hydrogens (tertiary/aromatic N) is 3. The lowest BCUT2D eigenvalue weighted by Crippen LogP contribution is -2.41. The largest absolute Gasteiger partial charge is 0.459 e. The first-order valence-electron chi connectivity index (χ1n) is 4.41. The van der Waals surface area contributed by atoms with Gasteiger partial charge in [0.05, 0.1) is 6.61 Å². The van der Waals surface area contributed by atoms with E-state index < -0.39 is 0 Å². The van der Waals surface area contributed by atoms with Gasteiger partial charge in [0, 0.05) is 0 Å². The topological polar surface area (TPSA) is 72.4 Å². The molecule has 0 spiro atoms. The minimum atomic E-state index is 0.214. The number of hydrogen-bond donors (Lipinski definition) is 1. The van der Waals surface area contributed by atoms with Gasteiger partial charge in [-0.25, -0.2) is 4.99 Å². The van der Waals surface area contributed by atoms with Crippen LogP contribution in [0.25, 0.3) is 0 Å². The van der Waals surface area contributed by atoms with Gasteiger partial charge >= 0.3 is 6.02 Å². The molecule has 6 nitrogen and oxygen atoms in total. The van der Waals surface area contributed by atoms with Crippen molar-refractivity contribution >= 4 is 12.0 Å².